The molecule has 1 heterocycles. The van der Waals surface area contributed by atoms with Gasteiger partial charge in [-0.1, -0.05) is 36.4 Å². The predicted molar refractivity (Wildman–Crippen MR) is 83.0 cm³/mol. The van der Waals surface area contributed by atoms with Gasteiger partial charge in [0.2, 0.25) is 0 Å². The molecule has 5 nitrogen and oxygen atoms in total. The van der Waals surface area contributed by atoms with E-state index in [4.69, 9.17) is 9.47 Å². The van der Waals surface area contributed by atoms with Gasteiger partial charge in [0.05, 0.1) is 13.2 Å². The van der Waals surface area contributed by atoms with Crippen LogP contribution in [-0.4, -0.2) is 19.7 Å². The summed E-state index contributed by atoms with van der Waals surface area (Å²) in [6.07, 6.45) is 0. The molecular formula is C17H18N2O3. The Morgan fingerprint density at radius 1 is 1.14 bits per heavy atom. The second-order valence-electron chi connectivity index (χ2n) is 5.09. The van der Waals surface area contributed by atoms with Crippen molar-refractivity contribution in [1.29, 1.82) is 0 Å². The molecule has 0 aliphatic carbocycles. The van der Waals surface area contributed by atoms with Crippen molar-refractivity contribution in [2.45, 2.75) is 12.6 Å². The third-order valence-electron chi connectivity index (χ3n) is 3.60. The Balaban J connectivity index is 1.77. The Hall–Kier alpha value is -2.69. The molecule has 1 aliphatic rings. The van der Waals surface area contributed by atoms with E-state index in [2.05, 4.69) is 10.6 Å². The monoisotopic (exact) mass is 298 g/mol. The molecule has 1 atom stereocenters. The van der Waals surface area contributed by atoms with Crippen LogP contribution in [0.4, 0.5) is 4.79 Å². The lowest BCUT2D eigenvalue weighted by atomic mass is 10.1. The molecule has 1 saturated heterocycles. The number of carbonyl (C=O) groups excluding carboxylic acids is 1. The average Bonchev–Trinajstić information content (AvgIpc) is 3.00. The summed E-state index contributed by atoms with van der Waals surface area (Å²) in [5, 5.41) is 5.61. The van der Waals surface area contributed by atoms with Crippen LogP contribution in [0.1, 0.15) is 17.2 Å². The minimum absolute atomic E-state index is 0.0440. The highest BCUT2D eigenvalue weighted by molar-refractivity contribution is 5.77. The fourth-order valence-corrected chi connectivity index (χ4v) is 2.41. The van der Waals surface area contributed by atoms with Crippen LogP contribution in [0.2, 0.25) is 0 Å². The van der Waals surface area contributed by atoms with Crippen LogP contribution in [0, 0.1) is 0 Å². The first-order valence-corrected chi connectivity index (χ1v) is 7.15. The summed E-state index contributed by atoms with van der Waals surface area (Å²) in [5.74, 6) is 1.35. The van der Waals surface area contributed by atoms with Crippen LogP contribution in [0.3, 0.4) is 0 Å². The number of urea groups is 1. The maximum Gasteiger partial charge on any atom is 0.315 e. The molecule has 2 aromatic carbocycles. The molecule has 1 aliphatic heterocycles. The van der Waals surface area contributed by atoms with Gasteiger partial charge in [0.15, 0.2) is 11.5 Å². The fraction of sp³-hybridized carbons (Fsp3) is 0.235. The van der Waals surface area contributed by atoms with Crippen molar-refractivity contribution in [1.82, 2.24) is 10.6 Å². The highest BCUT2D eigenvalue weighted by Crippen LogP contribution is 2.31. The van der Waals surface area contributed by atoms with Crippen molar-refractivity contribution in [2.75, 3.05) is 13.7 Å². The lowest BCUT2D eigenvalue weighted by molar-refractivity contribution is 0.247. The van der Waals surface area contributed by atoms with E-state index < -0.39 is 0 Å². The summed E-state index contributed by atoms with van der Waals surface area (Å²) in [5.41, 5.74) is 2.08. The molecule has 0 bridgehead atoms. The van der Waals surface area contributed by atoms with Crippen molar-refractivity contribution < 1.29 is 14.3 Å². The van der Waals surface area contributed by atoms with Gasteiger partial charge in [-0.25, -0.2) is 4.79 Å². The zero-order chi connectivity index (χ0) is 15.4. The number of amides is 2. The molecule has 114 valence electrons. The normalized spacial score (nSPS) is 16.8. The van der Waals surface area contributed by atoms with Crippen LogP contribution in [0.25, 0.3) is 0 Å². The molecular weight excluding hydrogens is 280 g/mol. The standard InChI is InChI=1S/C17H18N2O3/c1-21-15-8-7-13(14-10-18-17(20)19-14)9-16(15)22-11-12-5-3-2-4-6-12/h2-9,14H,10-11H2,1H3,(H2,18,19,20)/t14-/m0/s1. The van der Waals surface area contributed by atoms with Gasteiger partial charge < -0.3 is 20.1 Å². The van der Waals surface area contributed by atoms with E-state index in [0.29, 0.717) is 24.7 Å². The number of carbonyl (C=O) groups is 1. The molecule has 0 saturated carbocycles. The Morgan fingerprint density at radius 2 is 1.95 bits per heavy atom. The van der Waals surface area contributed by atoms with Gasteiger partial charge in [0.1, 0.15) is 6.61 Å². The largest absolute Gasteiger partial charge is 0.493 e. The van der Waals surface area contributed by atoms with Gasteiger partial charge in [-0.15, -0.1) is 0 Å². The Kier molecular flexibility index (Phi) is 4.14. The van der Waals surface area contributed by atoms with Crippen LogP contribution in [-0.2, 0) is 6.61 Å². The number of hydrogen-bond donors (Lipinski definition) is 2. The maximum absolute atomic E-state index is 11.3. The number of ether oxygens (including phenoxy) is 2. The first kappa shape index (κ1) is 14.3. The summed E-state index contributed by atoms with van der Waals surface area (Å²) in [6.45, 7) is 1.04. The van der Waals surface area contributed by atoms with E-state index in [1.807, 2.05) is 48.5 Å². The van der Waals surface area contributed by atoms with Crippen molar-refractivity contribution in [2.24, 2.45) is 0 Å². The van der Waals surface area contributed by atoms with E-state index in [1.165, 1.54) is 0 Å². The summed E-state index contributed by atoms with van der Waals surface area (Å²) in [4.78, 5) is 11.3. The summed E-state index contributed by atoms with van der Waals surface area (Å²) >= 11 is 0. The first-order valence-electron chi connectivity index (χ1n) is 7.15. The first-order chi connectivity index (χ1) is 10.8. The molecule has 5 heteroatoms. The van der Waals surface area contributed by atoms with Gasteiger partial charge in [0, 0.05) is 6.54 Å². The number of nitrogens with one attached hydrogen (secondary N) is 2. The van der Waals surface area contributed by atoms with Crippen LogP contribution in [0.15, 0.2) is 48.5 Å². The van der Waals surface area contributed by atoms with Crippen molar-refractivity contribution in [3.05, 3.63) is 59.7 Å². The maximum atomic E-state index is 11.3. The van der Waals surface area contributed by atoms with E-state index in [9.17, 15) is 4.79 Å². The minimum Gasteiger partial charge on any atom is -0.493 e. The molecule has 0 unspecified atom stereocenters. The van der Waals surface area contributed by atoms with E-state index in [1.54, 1.807) is 7.11 Å². The van der Waals surface area contributed by atoms with Gasteiger partial charge in [-0.3, -0.25) is 0 Å². The van der Waals surface area contributed by atoms with Gasteiger partial charge in [-0.05, 0) is 23.3 Å². The Bertz CT molecular complexity index is 658. The number of hydrogen-bond acceptors (Lipinski definition) is 3. The van der Waals surface area contributed by atoms with Crippen molar-refractivity contribution in [3.63, 3.8) is 0 Å². The molecule has 3 rings (SSSR count). The van der Waals surface area contributed by atoms with E-state index >= 15 is 0 Å². The third kappa shape index (κ3) is 3.14. The number of rotatable bonds is 5. The molecule has 2 aromatic rings. The Morgan fingerprint density at radius 3 is 2.64 bits per heavy atom. The second kappa shape index (κ2) is 6.39. The van der Waals surface area contributed by atoms with Crippen molar-refractivity contribution >= 4 is 6.03 Å². The molecule has 22 heavy (non-hydrogen) atoms. The highest BCUT2D eigenvalue weighted by Gasteiger charge is 2.22. The highest BCUT2D eigenvalue weighted by atomic mass is 16.5. The molecule has 0 spiro atoms. The van der Waals surface area contributed by atoms with Gasteiger partial charge in [0.25, 0.3) is 0 Å². The zero-order valence-electron chi connectivity index (χ0n) is 12.3. The third-order valence-corrected chi connectivity index (χ3v) is 3.60. The smallest absolute Gasteiger partial charge is 0.315 e. The lowest BCUT2D eigenvalue weighted by Crippen LogP contribution is -2.21. The fourth-order valence-electron chi connectivity index (χ4n) is 2.41. The summed E-state index contributed by atoms with van der Waals surface area (Å²) in [6, 6.07) is 15.5. The SMILES string of the molecule is COc1ccc([C@@H]2CNC(=O)N2)cc1OCc1ccccc1. The molecule has 0 aromatic heterocycles. The quantitative estimate of drug-likeness (QED) is 0.892. The molecule has 0 radical (unpaired) electrons. The van der Waals surface area contributed by atoms with Gasteiger partial charge in [-0.2, -0.15) is 0 Å². The lowest BCUT2D eigenvalue weighted by Gasteiger charge is -2.15. The summed E-state index contributed by atoms with van der Waals surface area (Å²) < 4.78 is 11.2. The molecule has 1 fully saturated rings. The zero-order valence-corrected chi connectivity index (χ0v) is 12.3. The predicted octanol–water partition coefficient (Wildman–Crippen LogP) is 2.63. The topological polar surface area (TPSA) is 59.6 Å². The molecule has 2 amide bonds. The summed E-state index contributed by atoms with van der Waals surface area (Å²) in [7, 11) is 1.61. The van der Waals surface area contributed by atoms with Crippen LogP contribution in [0.5, 0.6) is 11.5 Å². The Labute approximate surface area is 129 Å². The van der Waals surface area contributed by atoms with Crippen molar-refractivity contribution in [3.8, 4) is 11.5 Å². The van der Waals surface area contributed by atoms with E-state index in [-0.39, 0.29) is 12.1 Å². The van der Waals surface area contributed by atoms with Crippen LogP contribution < -0.4 is 20.1 Å². The molecule has 2 N–H and O–H groups in total. The number of methoxy groups -OCH3 is 1. The second-order valence-corrected chi connectivity index (χ2v) is 5.09. The van der Waals surface area contributed by atoms with E-state index in [0.717, 1.165) is 11.1 Å². The van der Waals surface area contributed by atoms with Gasteiger partial charge >= 0.3 is 6.03 Å². The van der Waals surface area contributed by atoms with Crippen LogP contribution >= 0.6 is 0 Å². The number of benzene rings is 2. The minimum atomic E-state index is -0.146. The average molecular weight is 298 g/mol.